The highest BCUT2D eigenvalue weighted by Gasteiger charge is 2.08. The maximum Gasteiger partial charge on any atom is 0.356 e. The van der Waals surface area contributed by atoms with E-state index in [2.05, 4.69) is 28.2 Å². The summed E-state index contributed by atoms with van der Waals surface area (Å²) in [5.74, 6) is 0.703. The Hall–Kier alpha value is -1.23. The van der Waals surface area contributed by atoms with Crippen LogP contribution in [0.4, 0.5) is 5.69 Å². The molecule has 0 spiro atoms. The molecule has 1 heterocycles. The van der Waals surface area contributed by atoms with Crippen molar-refractivity contribution in [1.82, 2.24) is 4.98 Å². The first-order valence-corrected chi connectivity index (χ1v) is 6.86. The minimum absolute atomic E-state index is 0.328. The van der Waals surface area contributed by atoms with E-state index in [0.717, 1.165) is 17.9 Å². The van der Waals surface area contributed by atoms with Gasteiger partial charge in [0.15, 0.2) is 0 Å². The quantitative estimate of drug-likeness (QED) is 0.790. The molecule has 0 aromatic carbocycles. The van der Waals surface area contributed by atoms with E-state index in [1.165, 1.54) is 7.11 Å². The van der Waals surface area contributed by atoms with Gasteiger partial charge in [-0.15, -0.1) is 0 Å². The van der Waals surface area contributed by atoms with Crippen LogP contribution in [0.2, 0.25) is 0 Å². The van der Waals surface area contributed by atoms with Gasteiger partial charge >= 0.3 is 5.97 Å². The van der Waals surface area contributed by atoms with Crippen LogP contribution in [-0.2, 0) is 4.74 Å². The second-order valence-corrected chi connectivity index (χ2v) is 4.73. The van der Waals surface area contributed by atoms with Crippen molar-refractivity contribution in [2.24, 2.45) is 0 Å². The van der Waals surface area contributed by atoms with E-state index < -0.39 is 5.97 Å². The molecule has 0 saturated carbocycles. The summed E-state index contributed by atoms with van der Waals surface area (Å²) in [6.07, 6.45) is 4.78. The van der Waals surface area contributed by atoms with Gasteiger partial charge in [-0.25, -0.2) is 9.78 Å². The van der Waals surface area contributed by atoms with Crippen molar-refractivity contribution in [1.29, 1.82) is 0 Å². The topological polar surface area (TPSA) is 51.2 Å². The molecule has 1 aromatic rings. The van der Waals surface area contributed by atoms with E-state index in [0.29, 0.717) is 11.7 Å². The lowest BCUT2D eigenvalue weighted by molar-refractivity contribution is 0.0594. The third kappa shape index (κ3) is 4.65. The van der Waals surface area contributed by atoms with Crippen molar-refractivity contribution < 1.29 is 9.53 Å². The Kier molecular flexibility index (Phi) is 5.83. The number of rotatable bonds is 6. The molecule has 1 N–H and O–H groups in total. The van der Waals surface area contributed by atoms with E-state index >= 15 is 0 Å². The molecule has 0 amide bonds. The zero-order valence-corrected chi connectivity index (χ0v) is 11.2. The van der Waals surface area contributed by atoms with E-state index in [9.17, 15) is 4.79 Å². The largest absolute Gasteiger partial charge is 0.464 e. The molecule has 0 radical (unpaired) electrons. The predicted molar refractivity (Wildman–Crippen MR) is 71.7 cm³/mol. The second-order valence-electron chi connectivity index (χ2n) is 3.75. The van der Waals surface area contributed by atoms with Crippen LogP contribution in [0, 0.1) is 0 Å². The molecular formula is C12H18N2O2S. The Morgan fingerprint density at radius 2 is 2.41 bits per heavy atom. The van der Waals surface area contributed by atoms with E-state index in [-0.39, 0.29) is 0 Å². The van der Waals surface area contributed by atoms with Gasteiger partial charge in [-0.2, -0.15) is 11.8 Å². The normalized spacial score (nSPS) is 11.9. The number of pyridine rings is 1. The van der Waals surface area contributed by atoms with Crippen LogP contribution in [-0.4, -0.2) is 36.1 Å². The number of nitrogens with one attached hydrogen (secondary N) is 1. The Morgan fingerprint density at radius 3 is 3.06 bits per heavy atom. The average molecular weight is 254 g/mol. The fourth-order valence-electron chi connectivity index (χ4n) is 1.39. The number of hydrogen-bond donors (Lipinski definition) is 1. The van der Waals surface area contributed by atoms with Gasteiger partial charge in [-0.1, -0.05) is 0 Å². The highest BCUT2D eigenvalue weighted by Crippen LogP contribution is 2.12. The summed E-state index contributed by atoms with van der Waals surface area (Å²) in [5.41, 5.74) is 1.23. The molecule has 0 aliphatic rings. The molecule has 17 heavy (non-hydrogen) atoms. The van der Waals surface area contributed by atoms with Crippen LogP contribution in [0.15, 0.2) is 18.3 Å². The standard InChI is InChI=1S/C12H18N2O2S/c1-9(5-7-17-3)14-10-4-6-13-11(8-10)12(15)16-2/h4,6,8-9H,5,7H2,1-3H3,(H,13,14). The zero-order valence-electron chi connectivity index (χ0n) is 10.4. The van der Waals surface area contributed by atoms with Gasteiger partial charge < -0.3 is 10.1 Å². The first kappa shape index (κ1) is 13.8. The van der Waals surface area contributed by atoms with Crippen molar-refractivity contribution in [3.8, 4) is 0 Å². The summed E-state index contributed by atoms with van der Waals surface area (Å²) in [4.78, 5) is 15.3. The fourth-order valence-corrected chi connectivity index (χ4v) is 1.98. The molecule has 4 nitrogen and oxygen atoms in total. The number of ether oxygens (including phenoxy) is 1. The van der Waals surface area contributed by atoms with E-state index in [4.69, 9.17) is 0 Å². The molecule has 0 fully saturated rings. The summed E-state index contributed by atoms with van der Waals surface area (Å²) in [5, 5.41) is 3.33. The molecular weight excluding hydrogens is 236 g/mol. The number of carbonyl (C=O) groups excluding carboxylic acids is 1. The third-order valence-corrected chi connectivity index (χ3v) is 2.97. The van der Waals surface area contributed by atoms with E-state index in [1.54, 1.807) is 12.3 Å². The highest BCUT2D eigenvalue weighted by molar-refractivity contribution is 7.98. The van der Waals surface area contributed by atoms with E-state index in [1.807, 2.05) is 17.8 Å². The maximum atomic E-state index is 11.3. The monoisotopic (exact) mass is 254 g/mol. The van der Waals surface area contributed by atoms with Crippen molar-refractivity contribution >= 4 is 23.4 Å². The second kappa shape index (κ2) is 7.17. The van der Waals surface area contributed by atoms with Gasteiger partial charge in [0.1, 0.15) is 5.69 Å². The Bertz CT molecular complexity index is 371. The van der Waals surface area contributed by atoms with Crippen LogP contribution in [0.5, 0.6) is 0 Å². The lowest BCUT2D eigenvalue weighted by Gasteiger charge is -2.14. The first-order valence-electron chi connectivity index (χ1n) is 5.47. The first-order chi connectivity index (χ1) is 8.17. The van der Waals surface area contributed by atoms with Gasteiger partial charge in [0, 0.05) is 17.9 Å². The number of anilines is 1. The Labute approximate surface area is 106 Å². The smallest absolute Gasteiger partial charge is 0.356 e. The Morgan fingerprint density at radius 1 is 1.65 bits per heavy atom. The summed E-state index contributed by atoms with van der Waals surface area (Å²) in [6.45, 7) is 2.12. The maximum absolute atomic E-state index is 11.3. The number of esters is 1. The van der Waals surface area contributed by atoms with Gasteiger partial charge in [0.25, 0.3) is 0 Å². The number of hydrogen-bond acceptors (Lipinski definition) is 5. The van der Waals surface area contributed by atoms with Gasteiger partial charge in [-0.05, 0) is 37.5 Å². The lowest BCUT2D eigenvalue weighted by atomic mass is 10.2. The van der Waals surface area contributed by atoms with Gasteiger partial charge in [0.05, 0.1) is 7.11 Å². The number of thioether (sulfide) groups is 1. The molecule has 94 valence electrons. The molecule has 0 bridgehead atoms. The average Bonchev–Trinajstić information content (AvgIpc) is 2.35. The molecule has 1 aromatic heterocycles. The molecule has 0 aliphatic heterocycles. The highest BCUT2D eigenvalue weighted by atomic mass is 32.2. The lowest BCUT2D eigenvalue weighted by Crippen LogP contribution is -2.16. The SMILES string of the molecule is COC(=O)c1cc(NC(C)CCSC)ccn1. The molecule has 1 atom stereocenters. The minimum Gasteiger partial charge on any atom is -0.464 e. The molecule has 0 aliphatic carbocycles. The number of methoxy groups -OCH3 is 1. The predicted octanol–water partition coefficient (Wildman–Crippen LogP) is 2.42. The van der Waals surface area contributed by atoms with Crippen LogP contribution in [0.25, 0.3) is 0 Å². The van der Waals surface area contributed by atoms with Crippen LogP contribution >= 0.6 is 11.8 Å². The molecule has 1 rings (SSSR count). The fraction of sp³-hybridized carbons (Fsp3) is 0.500. The Balaban J connectivity index is 2.62. The molecule has 5 heteroatoms. The minimum atomic E-state index is -0.412. The summed E-state index contributed by atoms with van der Waals surface area (Å²) in [7, 11) is 1.35. The summed E-state index contributed by atoms with van der Waals surface area (Å²) in [6, 6.07) is 3.93. The number of carbonyl (C=O) groups is 1. The van der Waals surface area contributed by atoms with Crippen LogP contribution in [0.3, 0.4) is 0 Å². The summed E-state index contributed by atoms with van der Waals surface area (Å²) >= 11 is 1.83. The van der Waals surface area contributed by atoms with Gasteiger partial charge in [0.2, 0.25) is 0 Å². The molecule has 0 saturated heterocycles. The van der Waals surface area contributed by atoms with Crippen LogP contribution < -0.4 is 5.32 Å². The van der Waals surface area contributed by atoms with Crippen molar-refractivity contribution in [2.75, 3.05) is 24.4 Å². The number of aromatic nitrogens is 1. The zero-order chi connectivity index (χ0) is 12.7. The van der Waals surface area contributed by atoms with Crippen molar-refractivity contribution in [3.05, 3.63) is 24.0 Å². The van der Waals surface area contributed by atoms with Crippen molar-refractivity contribution in [2.45, 2.75) is 19.4 Å². The third-order valence-electron chi connectivity index (χ3n) is 2.32. The van der Waals surface area contributed by atoms with Crippen LogP contribution in [0.1, 0.15) is 23.8 Å². The molecule has 1 unspecified atom stereocenters. The van der Waals surface area contributed by atoms with Gasteiger partial charge in [-0.3, -0.25) is 0 Å². The van der Waals surface area contributed by atoms with Crippen molar-refractivity contribution in [3.63, 3.8) is 0 Å². The summed E-state index contributed by atoms with van der Waals surface area (Å²) < 4.78 is 4.63. The number of nitrogens with zero attached hydrogens (tertiary/aromatic N) is 1.